The van der Waals surface area contributed by atoms with Crippen LogP contribution in [0.2, 0.25) is 0 Å². The van der Waals surface area contributed by atoms with Crippen molar-refractivity contribution in [2.45, 2.75) is 43.0 Å². The molecule has 2 aliphatic rings. The second-order valence-corrected chi connectivity index (χ2v) is 6.83. The molecule has 0 amide bonds. The summed E-state index contributed by atoms with van der Waals surface area (Å²) in [6.45, 7) is 2.26. The van der Waals surface area contributed by atoms with Gasteiger partial charge in [-0.05, 0) is 37.9 Å². The van der Waals surface area contributed by atoms with Gasteiger partial charge in [0.05, 0.1) is 6.54 Å². The number of sulfonamides is 1. The molecular weight excluding hydrogens is 266 g/mol. The Balaban J connectivity index is 1.74. The highest BCUT2D eigenvalue weighted by atomic mass is 32.2. The maximum atomic E-state index is 12.2. The summed E-state index contributed by atoms with van der Waals surface area (Å²) < 4.78 is 32.5. The molecule has 0 saturated carbocycles. The predicted molar refractivity (Wildman–Crippen MR) is 69.9 cm³/mol. The predicted octanol–water partition coefficient (Wildman–Crippen LogP) is 0.253. The number of hydrogen-bond donors (Lipinski definition) is 2. The molecule has 3 N–H and O–H groups in total. The first kappa shape index (κ1) is 13.1. The van der Waals surface area contributed by atoms with Gasteiger partial charge in [-0.1, -0.05) is 0 Å². The Hall–Kier alpha value is -0.890. The quantitative estimate of drug-likeness (QED) is 0.828. The molecule has 1 aromatic rings. The molecule has 0 bridgehead atoms. The van der Waals surface area contributed by atoms with Crippen LogP contribution >= 0.6 is 0 Å². The van der Waals surface area contributed by atoms with Crippen LogP contribution < -0.4 is 10.5 Å². The Labute approximate surface area is 113 Å². The Kier molecular flexibility index (Phi) is 3.38. The molecule has 2 saturated heterocycles. The number of nitrogens with zero attached hydrogens (tertiary/aromatic N) is 1. The van der Waals surface area contributed by atoms with Crippen molar-refractivity contribution in [3.63, 3.8) is 0 Å². The van der Waals surface area contributed by atoms with Crippen molar-refractivity contribution in [2.24, 2.45) is 5.73 Å². The summed E-state index contributed by atoms with van der Waals surface area (Å²) >= 11 is 0. The summed E-state index contributed by atoms with van der Waals surface area (Å²) in [5, 5.41) is -0.0376. The van der Waals surface area contributed by atoms with Gasteiger partial charge in [0.25, 0.3) is 10.0 Å². The summed E-state index contributed by atoms with van der Waals surface area (Å²) in [4.78, 5) is 2.36. The van der Waals surface area contributed by atoms with E-state index in [0.717, 1.165) is 32.4 Å². The van der Waals surface area contributed by atoms with Gasteiger partial charge in [-0.25, -0.2) is 13.1 Å². The first-order valence-electron chi connectivity index (χ1n) is 6.65. The van der Waals surface area contributed by atoms with Gasteiger partial charge in [-0.15, -0.1) is 0 Å². The highest BCUT2D eigenvalue weighted by Crippen LogP contribution is 2.29. The molecule has 0 aliphatic carbocycles. The normalized spacial score (nSPS) is 27.8. The largest absolute Gasteiger partial charge is 0.447 e. The average molecular weight is 285 g/mol. The van der Waals surface area contributed by atoms with E-state index in [2.05, 4.69) is 9.62 Å². The molecule has 19 heavy (non-hydrogen) atoms. The van der Waals surface area contributed by atoms with E-state index >= 15 is 0 Å². The van der Waals surface area contributed by atoms with Crippen LogP contribution in [0.4, 0.5) is 0 Å². The number of nitrogens with two attached hydrogens (primary N) is 1. The zero-order valence-electron chi connectivity index (χ0n) is 10.7. The molecule has 2 atom stereocenters. The molecule has 2 unspecified atom stereocenters. The number of nitrogens with one attached hydrogen (secondary N) is 1. The molecule has 3 rings (SSSR count). The molecule has 7 heteroatoms. The lowest BCUT2D eigenvalue weighted by Crippen LogP contribution is -2.42. The van der Waals surface area contributed by atoms with Crippen LogP contribution in [0.25, 0.3) is 0 Å². The van der Waals surface area contributed by atoms with Crippen molar-refractivity contribution in [3.05, 3.63) is 17.9 Å². The topological polar surface area (TPSA) is 88.6 Å². The van der Waals surface area contributed by atoms with Gasteiger partial charge >= 0.3 is 0 Å². The lowest BCUT2D eigenvalue weighted by atomic mass is 10.1. The van der Waals surface area contributed by atoms with E-state index in [0.29, 0.717) is 11.8 Å². The van der Waals surface area contributed by atoms with E-state index in [9.17, 15) is 8.42 Å². The molecule has 1 aromatic heterocycles. The maximum absolute atomic E-state index is 12.2. The van der Waals surface area contributed by atoms with E-state index < -0.39 is 10.0 Å². The second-order valence-electron chi connectivity index (χ2n) is 5.19. The number of furan rings is 1. The van der Waals surface area contributed by atoms with Gasteiger partial charge in [0, 0.05) is 18.6 Å². The van der Waals surface area contributed by atoms with Crippen LogP contribution in [0.1, 0.15) is 25.0 Å². The van der Waals surface area contributed by atoms with Crippen LogP contribution in [0.5, 0.6) is 0 Å². The summed E-state index contributed by atoms with van der Waals surface area (Å²) in [5.74, 6) is 0.481. The summed E-state index contributed by atoms with van der Waals surface area (Å²) in [6.07, 6.45) is 3.09. The molecule has 0 spiro atoms. The number of rotatable bonds is 4. The Morgan fingerprint density at radius 3 is 2.95 bits per heavy atom. The molecule has 2 aliphatic heterocycles. The molecule has 6 nitrogen and oxygen atoms in total. The smallest absolute Gasteiger partial charge is 0.274 e. The summed E-state index contributed by atoms with van der Waals surface area (Å²) in [6, 6.07) is 3.41. The van der Waals surface area contributed by atoms with Crippen LogP contribution in [0, 0.1) is 0 Å². The first-order chi connectivity index (χ1) is 9.10. The standard InChI is InChI=1S/C12H19N3O3S/c13-8-9-3-4-12(18-9)19(16,17)14-10-5-7-15-6-1-2-11(10)15/h3-4,10-11,14H,1-2,5-8,13H2. The van der Waals surface area contributed by atoms with E-state index in [1.807, 2.05) is 0 Å². The molecule has 106 valence electrons. The van der Waals surface area contributed by atoms with E-state index in [1.165, 1.54) is 6.07 Å². The molecule has 0 radical (unpaired) electrons. The van der Waals surface area contributed by atoms with Crippen molar-refractivity contribution in [2.75, 3.05) is 13.1 Å². The fourth-order valence-electron chi connectivity index (χ4n) is 3.09. The van der Waals surface area contributed by atoms with Crippen molar-refractivity contribution >= 4 is 10.0 Å². The fourth-order valence-corrected chi connectivity index (χ4v) is 4.34. The minimum atomic E-state index is -3.57. The zero-order valence-corrected chi connectivity index (χ0v) is 11.5. The van der Waals surface area contributed by atoms with Crippen LogP contribution in [0.3, 0.4) is 0 Å². The van der Waals surface area contributed by atoms with E-state index in [4.69, 9.17) is 10.2 Å². The Bertz CT molecular complexity index is 554. The lowest BCUT2D eigenvalue weighted by molar-refractivity contribution is 0.308. The first-order valence-corrected chi connectivity index (χ1v) is 8.13. The molecule has 3 heterocycles. The van der Waals surface area contributed by atoms with Gasteiger partial charge in [0.1, 0.15) is 5.76 Å². The third-order valence-electron chi connectivity index (χ3n) is 4.02. The Morgan fingerprint density at radius 1 is 1.37 bits per heavy atom. The molecule has 0 aromatic carbocycles. The highest BCUT2D eigenvalue weighted by molar-refractivity contribution is 7.89. The second kappa shape index (κ2) is 4.90. The van der Waals surface area contributed by atoms with Crippen LogP contribution in [-0.2, 0) is 16.6 Å². The Morgan fingerprint density at radius 2 is 2.21 bits per heavy atom. The van der Waals surface area contributed by atoms with Crippen LogP contribution in [0.15, 0.2) is 21.6 Å². The van der Waals surface area contributed by atoms with Crippen molar-refractivity contribution in [1.82, 2.24) is 9.62 Å². The minimum Gasteiger partial charge on any atom is -0.447 e. The van der Waals surface area contributed by atoms with Crippen molar-refractivity contribution in [1.29, 1.82) is 0 Å². The molecule has 2 fully saturated rings. The van der Waals surface area contributed by atoms with E-state index in [1.54, 1.807) is 6.07 Å². The summed E-state index contributed by atoms with van der Waals surface area (Å²) in [5.41, 5.74) is 5.42. The van der Waals surface area contributed by atoms with Gasteiger partial charge in [-0.2, -0.15) is 0 Å². The highest BCUT2D eigenvalue weighted by Gasteiger charge is 2.39. The van der Waals surface area contributed by atoms with Gasteiger partial charge in [0.15, 0.2) is 0 Å². The fraction of sp³-hybridized carbons (Fsp3) is 0.667. The molecular formula is C12H19N3O3S. The summed E-state index contributed by atoms with van der Waals surface area (Å²) in [7, 11) is -3.57. The van der Waals surface area contributed by atoms with Gasteiger partial charge < -0.3 is 10.2 Å². The lowest BCUT2D eigenvalue weighted by Gasteiger charge is -2.20. The van der Waals surface area contributed by atoms with E-state index in [-0.39, 0.29) is 17.7 Å². The van der Waals surface area contributed by atoms with Gasteiger partial charge in [0.2, 0.25) is 5.09 Å². The third-order valence-corrected chi connectivity index (χ3v) is 5.38. The van der Waals surface area contributed by atoms with Crippen molar-refractivity contribution in [3.8, 4) is 0 Å². The number of hydrogen-bond acceptors (Lipinski definition) is 5. The minimum absolute atomic E-state index is 0.000994. The van der Waals surface area contributed by atoms with Crippen molar-refractivity contribution < 1.29 is 12.8 Å². The monoisotopic (exact) mass is 285 g/mol. The number of fused-ring (bicyclic) bond motifs is 1. The zero-order chi connectivity index (χ0) is 13.5. The van der Waals surface area contributed by atoms with Gasteiger partial charge in [-0.3, -0.25) is 4.90 Å². The maximum Gasteiger partial charge on any atom is 0.274 e. The average Bonchev–Trinajstić information content (AvgIpc) is 3.05. The SMILES string of the molecule is NCc1ccc(S(=O)(=O)NC2CCN3CCCC23)o1. The van der Waals surface area contributed by atoms with Crippen LogP contribution in [-0.4, -0.2) is 38.5 Å². The third kappa shape index (κ3) is 2.43.